The molecule has 1 N–H and O–H groups in total. The van der Waals surface area contributed by atoms with Gasteiger partial charge in [-0.3, -0.25) is 4.79 Å². The molecule has 0 fully saturated rings. The molecule has 0 bridgehead atoms. The Balaban J connectivity index is 1.48. The Labute approximate surface area is 165 Å². The maximum Gasteiger partial charge on any atom is 0.257 e. The van der Waals surface area contributed by atoms with Crippen LogP contribution in [0.4, 0.5) is 0 Å². The number of imidazole rings is 1. The van der Waals surface area contributed by atoms with Crippen LogP contribution in [-0.4, -0.2) is 28.6 Å². The van der Waals surface area contributed by atoms with Crippen molar-refractivity contribution >= 4 is 16.9 Å². The largest absolute Gasteiger partial charge is 0.483 e. The maximum atomic E-state index is 12.1. The number of carbonyl (C=O) groups is 1. The number of hydrogen-bond acceptors (Lipinski definition) is 3. The van der Waals surface area contributed by atoms with Crippen molar-refractivity contribution in [2.24, 2.45) is 0 Å². The molecule has 0 unspecified atom stereocenters. The van der Waals surface area contributed by atoms with Crippen LogP contribution in [-0.2, 0) is 17.8 Å². The van der Waals surface area contributed by atoms with Gasteiger partial charge in [0.05, 0.1) is 17.6 Å². The van der Waals surface area contributed by atoms with Gasteiger partial charge in [-0.2, -0.15) is 0 Å². The summed E-state index contributed by atoms with van der Waals surface area (Å²) in [4.78, 5) is 16.7. The van der Waals surface area contributed by atoms with Crippen molar-refractivity contribution in [1.29, 1.82) is 0 Å². The second-order valence-corrected chi connectivity index (χ2v) is 6.82. The van der Waals surface area contributed by atoms with Gasteiger partial charge in [-0.25, -0.2) is 4.98 Å². The summed E-state index contributed by atoms with van der Waals surface area (Å²) < 4.78 is 7.69. The van der Waals surface area contributed by atoms with Gasteiger partial charge in [0, 0.05) is 13.0 Å². The minimum absolute atomic E-state index is 0.0138. The summed E-state index contributed by atoms with van der Waals surface area (Å²) in [5, 5.41) is 2.90. The summed E-state index contributed by atoms with van der Waals surface area (Å²) in [6.45, 7) is 5.04. The van der Waals surface area contributed by atoms with Gasteiger partial charge in [0.15, 0.2) is 6.61 Å². The number of nitrogens with zero attached hydrogens (tertiary/aromatic N) is 2. The first-order valence-corrected chi connectivity index (χ1v) is 9.43. The molecule has 0 saturated heterocycles. The lowest BCUT2D eigenvalue weighted by molar-refractivity contribution is -0.123. The second kappa shape index (κ2) is 9.09. The molecule has 1 heterocycles. The predicted octanol–water partition coefficient (Wildman–Crippen LogP) is 3.41. The molecule has 3 rings (SSSR count). The fourth-order valence-corrected chi connectivity index (χ4v) is 3.12. The van der Waals surface area contributed by atoms with E-state index in [4.69, 9.17) is 11.2 Å². The third-order valence-electron chi connectivity index (χ3n) is 4.58. The molecule has 0 radical (unpaired) electrons. The third kappa shape index (κ3) is 4.72. The van der Waals surface area contributed by atoms with Crippen LogP contribution >= 0.6 is 0 Å². The van der Waals surface area contributed by atoms with Crippen LogP contribution in [0.15, 0.2) is 42.5 Å². The number of carbonyl (C=O) groups excluding carboxylic acids is 1. The minimum atomic E-state index is -0.127. The number of amides is 1. The van der Waals surface area contributed by atoms with Crippen molar-refractivity contribution in [3.05, 3.63) is 59.4 Å². The zero-order valence-corrected chi connectivity index (χ0v) is 16.4. The lowest BCUT2D eigenvalue weighted by Gasteiger charge is -2.10. The van der Waals surface area contributed by atoms with Crippen LogP contribution in [0.1, 0.15) is 23.4 Å². The van der Waals surface area contributed by atoms with Gasteiger partial charge in [0.25, 0.3) is 5.91 Å². The predicted molar refractivity (Wildman–Crippen MR) is 111 cm³/mol. The van der Waals surface area contributed by atoms with Crippen molar-refractivity contribution in [2.75, 3.05) is 13.2 Å². The van der Waals surface area contributed by atoms with E-state index >= 15 is 0 Å². The summed E-state index contributed by atoms with van der Waals surface area (Å²) >= 11 is 0. The quantitative estimate of drug-likeness (QED) is 0.485. The summed E-state index contributed by atoms with van der Waals surface area (Å²) in [6.07, 6.45) is 7.03. The molecule has 0 spiro atoms. The topological polar surface area (TPSA) is 56.2 Å². The standard InChI is InChI=1S/C23H25N3O2/c1-4-14-26-20-9-6-5-8-19(20)25-22(26)10-7-13-24-23(27)16-28-21-15-17(2)11-12-18(21)3/h1,5-6,8-9,11-12,15H,7,10,13-14,16H2,2-3H3,(H,24,27). The van der Waals surface area contributed by atoms with Crippen LogP contribution in [0.5, 0.6) is 5.75 Å². The highest BCUT2D eigenvalue weighted by atomic mass is 16.5. The number of aromatic nitrogens is 2. The number of para-hydroxylation sites is 2. The van der Waals surface area contributed by atoms with Gasteiger partial charge in [-0.15, -0.1) is 6.42 Å². The molecule has 1 amide bonds. The third-order valence-corrected chi connectivity index (χ3v) is 4.58. The molecule has 28 heavy (non-hydrogen) atoms. The molecule has 0 atom stereocenters. The molecule has 2 aromatic carbocycles. The van der Waals surface area contributed by atoms with Crippen molar-refractivity contribution < 1.29 is 9.53 Å². The number of nitrogens with one attached hydrogen (secondary N) is 1. The van der Waals surface area contributed by atoms with E-state index in [1.807, 2.05) is 56.3 Å². The number of rotatable bonds is 8. The molecule has 144 valence electrons. The van der Waals surface area contributed by atoms with Crippen molar-refractivity contribution in [3.63, 3.8) is 0 Å². The van der Waals surface area contributed by atoms with E-state index < -0.39 is 0 Å². The second-order valence-electron chi connectivity index (χ2n) is 6.82. The Kier molecular flexibility index (Phi) is 6.33. The number of ether oxygens (including phenoxy) is 1. The molecule has 5 nitrogen and oxygen atoms in total. The average Bonchev–Trinajstić information content (AvgIpc) is 3.04. The lowest BCUT2D eigenvalue weighted by Crippen LogP contribution is -2.30. The van der Waals surface area contributed by atoms with Gasteiger partial charge < -0.3 is 14.6 Å². The zero-order chi connectivity index (χ0) is 19.9. The highest BCUT2D eigenvalue weighted by Crippen LogP contribution is 2.19. The number of hydrogen-bond donors (Lipinski definition) is 1. The fraction of sp³-hybridized carbons (Fsp3) is 0.304. The fourth-order valence-electron chi connectivity index (χ4n) is 3.12. The summed E-state index contributed by atoms with van der Waals surface area (Å²) in [7, 11) is 0. The van der Waals surface area contributed by atoms with Crippen molar-refractivity contribution in [1.82, 2.24) is 14.9 Å². The zero-order valence-electron chi connectivity index (χ0n) is 16.4. The van der Waals surface area contributed by atoms with Gasteiger partial charge in [0.1, 0.15) is 11.6 Å². The molecule has 3 aromatic rings. The molecule has 0 aliphatic carbocycles. The monoisotopic (exact) mass is 375 g/mol. The number of aryl methyl sites for hydroxylation is 3. The molecular weight excluding hydrogens is 350 g/mol. The summed E-state index contributed by atoms with van der Waals surface area (Å²) in [6, 6.07) is 13.9. The van der Waals surface area contributed by atoms with Crippen LogP contribution in [0.2, 0.25) is 0 Å². The van der Waals surface area contributed by atoms with E-state index in [0.717, 1.165) is 46.6 Å². The highest BCUT2D eigenvalue weighted by molar-refractivity contribution is 5.77. The van der Waals surface area contributed by atoms with E-state index in [2.05, 4.69) is 20.8 Å². The minimum Gasteiger partial charge on any atom is -0.483 e. The van der Waals surface area contributed by atoms with Crippen molar-refractivity contribution in [3.8, 4) is 18.1 Å². The van der Waals surface area contributed by atoms with Crippen molar-refractivity contribution in [2.45, 2.75) is 33.2 Å². The van der Waals surface area contributed by atoms with Crippen LogP contribution < -0.4 is 10.1 Å². The lowest BCUT2D eigenvalue weighted by atomic mass is 10.1. The van der Waals surface area contributed by atoms with Gasteiger partial charge >= 0.3 is 0 Å². The number of terminal acetylenes is 1. The van der Waals surface area contributed by atoms with Gasteiger partial charge in [-0.05, 0) is 49.6 Å². The average molecular weight is 375 g/mol. The summed E-state index contributed by atoms with van der Waals surface area (Å²) in [5.41, 5.74) is 4.11. The molecule has 0 saturated carbocycles. The molecular formula is C23H25N3O2. The van der Waals surface area contributed by atoms with Crippen LogP contribution in [0.3, 0.4) is 0 Å². The Morgan fingerprint density at radius 2 is 2.07 bits per heavy atom. The van der Waals surface area contributed by atoms with Crippen LogP contribution in [0, 0.1) is 26.2 Å². The first kappa shape index (κ1) is 19.5. The van der Waals surface area contributed by atoms with Gasteiger partial charge in [-0.1, -0.05) is 30.2 Å². The van der Waals surface area contributed by atoms with E-state index in [0.29, 0.717) is 13.1 Å². The normalized spacial score (nSPS) is 10.6. The Morgan fingerprint density at radius 3 is 2.89 bits per heavy atom. The van der Waals surface area contributed by atoms with E-state index in [1.54, 1.807) is 0 Å². The first-order valence-electron chi connectivity index (χ1n) is 9.43. The number of benzene rings is 2. The van der Waals surface area contributed by atoms with E-state index in [1.165, 1.54) is 0 Å². The van der Waals surface area contributed by atoms with Crippen LogP contribution in [0.25, 0.3) is 11.0 Å². The SMILES string of the molecule is C#CCn1c(CCCNC(=O)COc2cc(C)ccc2C)nc2ccccc21. The Hall–Kier alpha value is -3.26. The number of fused-ring (bicyclic) bond motifs is 1. The Morgan fingerprint density at radius 1 is 1.25 bits per heavy atom. The first-order chi connectivity index (χ1) is 13.6. The maximum absolute atomic E-state index is 12.1. The van der Waals surface area contributed by atoms with E-state index in [9.17, 15) is 4.79 Å². The molecule has 0 aliphatic heterocycles. The van der Waals surface area contributed by atoms with Gasteiger partial charge in [0.2, 0.25) is 0 Å². The molecule has 1 aromatic heterocycles. The molecule has 0 aliphatic rings. The summed E-state index contributed by atoms with van der Waals surface area (Å²) in [5.74, 6) is 4.25. The smallest absolute Gasteiger partial charge is 0.257 e. The molecule has 5 heteroatoms. The Bertz CT molecular complexity index is 1010. The highest BCUT2D eigenvalue weighted by Gasteiger charge is 2.10. The van der Waals surface area contributed by atoms with E-state index in [-0.39, 0.29) is 12.5 Å².